The summed E-state index contributed by atoms with van der Waals surface area (Å²) >= 11 is 3.40. The second-order valence-corrected chi connectivity index (χ2v) is 6.49. The zero-order chi connectivity index (χ0) is 19.4. The van der Waals surface area contributed by atoms with Gasteiger partial charge in [0.05, 0.1) is 31.6 Å². The lowest BCUT2D eigenvalue weighted by molar-refractivity contribution is -0.154. The number of halogens is 1. The summed E-state index contributed by atoms with van der Waals surface area (Å²) in [4.78, 5) is 25.9. The molecule has 0 amide bonds. The standard InChI is InChI=1S/C19H16BrN3O4/c1-26-18(24)16(19(25)27-2)17-14-8-3-4-9-15(14)22-23(17)21-11-12-6-5-7-13(20)10-12/h3-11,16H,1-2H3. The fourth-order valence-corrected chi connectivity index (χ4v) is 3.08. The van der Waals surface area contributed by atoms with Crippen LogP contribution >= 0.6 is 15.9 Å². The van der Waals surface area contributed by atoms with Gasteiger partial charge in [-0.25, -0.2) is 0 Å². The molecule has 7 nitrogen and oxygen atoms in total. The molecule has 3 rings (SSSR count). The number of ether oxygens (including phenoxy) is 2. The summed E-state index contributed by atoms with van der Waals surface area (Å²) in [5, 5.41) is 9.36. The maximum absolute atomic E-state index is 12.3. The van der Waals surface area contributed by atoms with E-state index in [2.05, 4.69) is 26.1 Å². The van der Waals surface area contributed by atoms with Gasteiger partial charge in [0.15, 0.2) is 5.92 Å². The first-order valence-corrected chi connectivity index (χ1v) is 8.77. The number of methoxy groups -OCH3 is 2. The Morgan fingerprint density at radius 1 is 1.11 bits per heavy atom. The predicted molar refractivity (Wildman–Crippen MR) is 104 cm³/mol. The Kier molecular flexibility index (Phi) is 5.66. The molecule has 138 valence electrons. The van der Waals surface area contributed by atoms with Gasteiger partial charge in [-0.05, 0) is 23.8 Å². The molecule has 0 aliphatic carbocycles. The molecule has 2 aromatic carbocycles. The van der Waals surface area contributed by atoms with E-state index >= 15 is 0 Å². The highest BCUT2D eigenvalue weighted by molar-refractivity contribution is 9.10. The van der Waals surface area contributed by atoms with Gasteiger partial charge in [0.25, 0.3) is 0 Å². The number of esters is 2. The van der Waals surface area contributed by atoms with E-state index in [0.717, 1.165) is 10.0 Å². The van der Waals surface area contributed by atoms with Crippen LogP contribution in [0.2, 0.25) is 0 Å². The monoisotopic (exact) mass is 429 g/mol. The molecule has 0 atom stereocenters. The van der Waals surface area contributed by atoms with Crippen molar-refractivity contribution in [2.24, 2.45) is 5.10 Å². The SMILES string of the molecule is COC(=O)C(C(=O)OC)c1c2ccccc2nn1N=Cc1cccc(Br)c1. The van der Waals surface area contributed by atoms with E-state index in [4.69, 9.17) is 9.47 Å². The molecule has 8 heteroatoms. The Labute approximate surface area is 163 Å². The summed E-state index contributed by atoms with van der Waals surface area (Å²) in [7, 11) is 2.43. The number of aromatic nitrogens is 2. The fourth-order valence-electron chi connectivity index (χ4n) is 2.66. The Hall–Kier alpha value is -3.00. The number of rotatable bonds is 5. The van der Waals surface area contributed by atoms with Crippen molar-refractivity contribution < 1.29 is 19.1 Å². The van der Waals surface area contributed by atoms with Crippen molar-refractivity contribution in [3.8, 4) is 0 Å². The minimum Gasteiger partial charge on any atom is -0.468 e. The molecule has 0 radical (unpaired) electrons. The van der Waals surface area contributed by atoms with Crippen molar-refractivity contribution in [3.05, 3.63) is 64.3 Å². The van der Waals surface area contributed by atoms with Crippen LogP contribution < -0.4 is 0 Å². The first-order chi connectivity index (χ1) is 13.0. The molecule has 0 spiro atoms. The first kappa shape index (κ1) is 18.8. The van der Waals surface area contributed by atoms with Crippen LogP contribution in [0.4, 0.5) is 0 Å². The summed E-state index contributed by atoms with van der Waals surface area (Å²) in [5.41, 5.74) is 1.70. The van der Waals surface area contributed by atoms with Crippen LogP contribution in [0.1, 0.15) is 17.2 Å². The molecular formula is C19H16BrN3O4. The highest BCUT2D eigenvalue weighted by Gasteiger charge is 2.36. The van der Waals surface area contributed by atoms with Gasteiger partial charge < -0.3 is 9.47 Å². The zero-order valence-electron chi connectivity index (χ0n) is 14.6. The normalized spacial score (nSPS) is 11.3. The van der Waals surface area contributed by atoms with Crippen LogP contribution in [-0.4, -0.2) is 42.3 Å². The smallest absolute Gasteiger partial charge is 0.326 e. The molecule has 0 fully saturated rings. The summed E-state index contributed by atoms with van der Waals surface area (Å²) in [6, 6.07) is 14.7. The van der Waals surface area contributed by atoms with Gasteiger partial charge in [-0.1, -0.05) is 46.3 Å². The third-order valence-corrected chi connectivity index (χ3v) is 4.40. The van der Waals surface area contributed by atoms with Crippen molar-refractivity contribution in [2.75, 3.05) is 14.2 Å². The predicted octanol–water partition coefficient (Wildman–Crippen LogP) is 3.11. The third kappa shape index (κ3) is 3.90. The molecule has 0 saturated carbocycles. The van der Waals surface area contributed by atoms with Crippen molar-refractivity contribution in [1.82, 2.24) is 9.89 Å². The van der Waals surface area contributed by atoms with E-state index in [0.29, 0.717) is 10.9 Å². The largest absolute Gasteiger partial charge is 0.468 e. The Balaban J connectivity index is 2.16. The molecule has 3 aromatic rings. The number of carbonyl (C=O) groups is 2. The lowest BCUT2D eigenvalue weighted by Gasteiger charge is -2.13. The van der Waals surface area contributed by atoms with E-state index in [1.807, 2.05) is 30.3 Å². The Morgan fingerprint density at radius 2 is 1.81 bits per heavy atom. The molecular weight excluding hydrogens is 414 g/mol. The third-order valence-electron chi connectivity index (χ3n) is 3.91. The second-order valence-electron chi connectivity index (χ2n) is 5.57. The maximum Gasteiger partial charge on any atom is 0.326 e. The maximum atomic E-state index is 12.3. The lowest BCUT2D eigenvalue weighted by atomic mass is 10.0. The second kappa shape index (κ2) is 8.13. The van der Waals surface area contributed by atoms with Gasteiger partial charge in [0.2, 0.25) is 0 Å². The quantitative estimate of drug-likeness (QED) is 0.353. The van der Waals surface area contributed by atoms with Gasteiger partial charge in [-0.15, -0.1) is 0 Å². The Bertz CT molecular complexity index is 1010. The van der Waals surface area contributed by atoms with Crippen molar-refractivity contribution in [1.29, 1.82) is 0 Å². The number of carbonyl (C=O) groups excluding carboxylic acids is 2. The lowest BCUT2D eigenvalue weighted by Crippen LogP contribution is -2.26. The van der Waals surface area contributed by atoms with Crippen LogP contribution in [0.5, 0.6) is 0 Å². The van der Waals surface area contributed by atoms with Crippen molar-refractivity contribution in [3.63, 3.8) is 0 Å². The Morgan fingerprint density at radius 3 is 2.48 bits per heavy atom. The van der Waals surface area contributed by atoms with Crippen LogP contribution in [0, 0.1) is 0 Å². The van der Waals surface area contributed by atoms with Crippen LogP contribution in [-0.2, 0) is 19.1 Å². The van der Waals surface area contributed by atoms with Crippen molar-refractivity contribution in [2.45, 2.75) is 5.92 Å². The molecule has 1 heterocycles. The van der Waals surface area contributed by atoms with Crippen molar-refractivity contribution >= 4 is 45.0 Å². The molecule has 0 N–H and O–H groups in total. The number of nitrogens with zero attached hydrogens (tertiary/aromatic N) is 3. The number of hydrogen-bond donors (Lipinski definition) is 0. The molecule has 1 aromatic heterocycles. The first-order valence-electron chi connectivity index (χ1n) is 7.98. The van der Waals surface area contributed by atoms with Crippen LogP contribution in [0.25, 0.3) is 10.9 Å². The average Bonchev–Trinajstić information content (AvgIpc) is 3.04. The summed E-state index contributed by atoms with van der Waals surface area (Å²) in [5.74, 6) is -2.79. The van der Waals surface area contributed by atoms with Crippen LogP contribution in [0.15, 0.2) is 58.1 Å². The van der Waals surface area contributed by atoms with E-state index in [-0.39, 0.29) is 5.69 Å². The van der Waals surface area contributed by atoms with E-state index < -0.39 is 17.9 Å². The molecule has 0 unspecified atom stereocenters. The topological polar surface area (TPSA) is 82.8 Å². The van der Waals surface area contributed by atoms with E-state index in [9.17, 15) is 9.59 Å². The van der Waals surface area contributed by atoms with E-state index in [1.54, 1.807) is 24.4 Å². The van der Waals surface area contributed by atoms with Gasteiger partial charge in [0.1, 0.15) is 0 Å². The number of benzene rings is 2. The molecule has 27 heavy (non-hydrogen) atoms. The van der Waals surface area contributed by atoms with Crippen LogP contribution in [0.3, 0.4) is 0 Å². The summed E-state index contributed by atoms with van der Waals surface area (Å²) in [6.45, 7) is 0. The number of fused-ring (bicyclic) bond motifs is 1. The summed E-state index contributed by atoms with van der Waals surface area (Å²) in [6.07, 6.45) is 1.59. The van der Waals surface area contributed by atoms with Gasteiger partial charge in [-0.2, -0.15) is 15.0 Å². The fraction of sp³-hybridized carbons (Fsp3) is 0.158. The highest BCUT2D eigenvalue weighted by Crippen LogP contribution is 2.28. The molecule has 0 saturated heterocycles. The summed E-state index contributed by atoms with van der Waals surface area (Å²) < 4.78 is 10.5. The number of hydrogen-bond acceptors (Lipinski definition) is 6. The zero-order valence-corrected chi connectivity index (χ0v) is 16.2. The van der Waals surface area contributed by atoms with Gasteiger partial charge >= 0.3 is 11.9 Å². The molecule has 0 aliphatic heterocycles. The molecule has 0 aliphatic rings. The van der Waals surface area contributed by atoms with Gasteiger partial charge in [-0.3, -0.25) is 9.59 Å². The minimum atomic E-state index is -1.30. The highest BCUT2D eigenvalue weighted by atomic mass is 79.9. The molecule has 0 bridgehead atoms. The van der Waals surface area contributed by atoms with E-state index in [1.165, 1.54) is 19.0 Å². The van der Waals surface area contributed by atoms with Gasteiger partial charge in [0, 0.05) is 9.86 Å². The minimum absolute atomic E-state index is 0.288. The average molecular weight is 430 g/mol.